The fourth-order valence-electron chi connectivity index (χ4n) is 1.17. The van der Waals surface area contributed by atoms with Crippen LogP contribution in [0.5, 0.6) is 0 Å². The molecule has 0 atom stereocenters. The van der Waals surface area contributed by atoms with Crippen LogP contribution in [0, 0.1) is 23.2 Å². The molecular weight excluding hydrogens is 196 g/mol. The van der Waals surface area contributed by atoms with Crippen molar-refractivity contribution in [1.29, 1.82) is 5.26 Å². The van der Waals surface area contributed by atoms with Gasteiger partial charge in [-0.05, 0) is 38.5 Å². The van der Waals surface area contributed by atoms with Crippen molar-refractivity contribution in [3.05, 3.63) is 35.4 Å². The zero-order chi connectivity index (χ0) is 12.0. The van der Waals surface area contributed by atoms with E-state index in [4.69, 9.17) is 5.26 Å². The van der Waals surface area contributed by atoms with Crippen LogP contribution in [0.3, 0.4) is 0 Å². The van der Waals surface area contributed by atoms with Gasteiger partial charge in [-0.25, -0.2) is 0 Å². The zero-order valence-corrected chi connectivity index (χ0v) is 9.96. The molecule has 1 aromatic carbocycles. The van der Waals surface area contributed by atoms with Gasteiger partial charge in [-0.2, -0.15) is 5.26 Å². The quantitative estimate of drug-likeness (QED) is 0.764. The third kappa shape index (κ3) is 4.64. The number of nitrogens with one attached hydrogen (secondary N) is 1. The summed E-state index contributed by atoms with van der Waals surface area (Å²) in [6.07, 6.45) is 0. The molecule has 0 aromatic heterocycles. The molecule has 0 aliphatic heterocycles. The third-order valence-electron chi connectivity index (χ3n) is 2.04. The maximum atomic E-state index is 8.32. The standard InChI is InChI=1S/C14H16N2/c1-14(2,3)16-11-13-8-6-12(7-9-13)5-4-10-15/h6-9,16H,11H2,1-3H3. The van der Waals surface area contributed by atoms with Crippen molar-refractivity contribution in [2.24, 2.45) is 0 Å². The van der Waals surface area contributed by atoms with Crippen molar-refractivity contribution in [2.75, 3.05) is 0 Å². The van der Waals surface area contributed by atoms with Gasteiger partial charge < -0.3 is 5.32 Å². The van der Waals surface area contributed by atoms with Crippen molar-refractivity contribution >= 4 is 0 Å². The minimum absolute atomic E-state index is 0.124. The SMILES string of the molecule is CC(C)(C)NCc1ccc(C#CC#N)cc1. The lowest BCUT2D eigenvalue weighted by atomic mass is 10.1. The monoisotopic (exact) mass is 212 g/mol. The van der Waals surface area contributed by atoms with Crippen LogP contribution in [0.4, 0.5) is 0 Å². The molecule has 0 bridgehead atoms. The Morgan fingerprint density at radius 2 is 1.81 bits per heavy atom. The highest BCUT2D eigenvalue weighted by atomic mass is 14.9. The summed E-state index contributed by atoms with van der Waals surface area (Å²) in [5, 5.41) is 11.7. The van der Waals surface area contributed by atoms with Crippen LogP contribution in [-0.4, -0.2) is 5.54 Å². The van der Waals surface area contributed by atoms with E-state index in [2.05, 4.69) is 37.9 Å². The Morgan fingerprint density at radius 1 is 1.19 bits per heavy atom. The van der Waals surface area contributed by atoms with Crippen molar-refractivity contribution in [3.8, 4) is 17.9 Å². The Kier molecular flexibility index (Phi) is 4.11. The van der Waals surface area contributed by atoms with Gasteiger partial charge in [0.15, 0.2) is 6.07 Å². The van der Waals surface area contributed by atoms with Crippen LogP contribution < -0.4 is 5.32 Å². The molecule has 1 N–H and O–H groups in total. The van der Waals surface area contributed by atoms with Gasteiger partial charge in [-0.15, -0.1) is 0 Å². The largest absolute Gasteiger partial charge is 0.308 e. The first-order chi connectivity index (χ1) is 7.51. The van der Waals surface area contributed by atoms with Gasteiger partial charge in [0.1, 0.15) is 0 Å². The summed E-state index contributed by atoms with van der Waals surface area (Å²) in [4.78, 5) is 0. The van der Waals surface area contributed by atoms with E-state index in [0.717, 1.165) is 12.1 Å². The highest BCUT2D eigenvalue weighted by Crippen LogP contribution is 2.06. The normalized spacial score (nSPS) is 10.1. The zero-order valence-electron chi connectivity index (χ0n) is 9.96. The van der Waals surface area contributed by atoms with Crippen molar-refractivity contribution in [3.63, 3.8) is 0 Å². The molecule has 0 aliphatic rings. The molecule has 0 amide bonds. The van der Waals surface area contributed by atoms with Crippen LogP contribution in [0.15, 0.2) is 24.3 Å². The lowest BCUT2D eigenvalue weighted by Crippen LogP contribution is -2.35. The maximum absolute atomic E-state index is 8.32. The van der Waals surface area contributed by atoms with Gasteiger partial charge in [0.2, 0.25) is 0 Å². The number of hydrogen-bond acceptors (Lipinski definition) is 2. The molecule has 0 saturated heterocycles. The van der Waals surface area contributed by atoms with Crippen LogP contribution in [0.1, 0.15) is 31.9 Å². The van der Waals surface area contributed by atoms with Crippen LogP contribution in [0.25, 0.3) is 0 Å². The number of rotatable bonds is 2. The maximum Gasteiger partial charge on any atom is 0.152 e. The van der Waals surface area contributed by atoms with Gasteiger partial charge in [0.25, 0.3) is 0 Å². The average Bonchev–Trinajstić information content (AvgIpc) is 2.24. The Hall–Kier alpha value is -1.77. The summed E-state index contributed by atoms with van der Waals surface area (Å²) in [6.45, 7) is 7.26. The van der Waals surface area contributed by atoms with Crippen LogP contribution in [0.2, 0.25) is 0 Å². The Balaban J connectivity index is 2.62. The van der Waals surface area contributed by atoms with Gasteiger partial charge in [0, 0.05) is 23.6 Å². The van der Waals surface area contributed by atoms with Gasteiger partial charge >= 0.3 is 0 Å². The summed E-state index contributed by atoms with van der Waals surface area (Å²) in [6, 6.07) is 9.73. The molecule has 0 heterocycles. The molecule has 0 aliphatic carbocycles. The third-order valence-corrected chi connectivity index (χ3v) is 2.04. The summed E-state index contributed by atoms with van der Waals surface area (Å²) < 4.78 is 0. The van der Waals surface area contributed by atoms with Crippen molar-refractivity contribution < 1.29 is 0 Å². The lowest BCUT2D eigenvalue weighted by molar-refractivity contribution is 0.424. The predicted molar refractivity (Wildman–Crippen MR) is 65.5 cm³/mol. The Labute approximate surface area is 97.3 Å². The molecule has 0 saturated carbocycles. The van der Waals surface area contributed by atoms with Crippen molar-refractivity contribution in [2.45, 2.75) is 32.9 Å². The van der Waals surface area contributed by atoms with Gasteiger partial charge in [0.05, 0.1) is 0 Å². The molecule has 1 aromatic rings. The van der Waals surface area contributed by atoms with Crippen molar-refractivity contribution in [1.82, 2.24) is 5.32 Å². The van der Waals surface area contributed by atoms with E-state index in [1.165, 1.54) is 5.56 Å². The minimum Gasteiger partial charge on any atom is -0.308 e. The number of nitriles is 1. The summed E-state index contributed by atoms with van der Waals surface area (Å²) in [7, 11) is 0. The Morgan fingerprint density at radius 3 is 2.31 bits per heavy atom. The van der Waals surface area contributed by atoms with E-state index >= 15 is 0 Å². The molecule has 16 heavy (non-hydrogen) atoms. The van der Waals surface area contributed by atoms with Gasteiger partial charge in [-0.3, -0.25) is 0 Å². The average molecular weight is 212 g/mol. The van der Waals surface area contributed by atoms with E-state index in [1.807, 2.05) is 24.3 Å². The fourth-order valence-corrected chi connectivity index (χ4v) is 1.17. The molecule has 0 radical (unpaired) electrons. The summed E-state index contributed by atoms with van der Waals surface area (Å²) >= 11 is 0. The van der Waals surface area contributed by atoms with E-state index in [1.54, 1.807) is 6.07 Å². The summed E-state index contributed by atoms with van der Waals surface area (Å²) in [5.41, 5.74) is 2.22. The smallest absolute Gasteiger partial charge is 0.152 e. The van der Waals surface area contributed by atoms with E-state index < -0.39 is 0 Å². The molecular formula is C14H16N2. The second-order valence-electron chi connectivity index (χ2n) is 4.66. The first-order valence-corrected chi connectivity index (χ1v) is 5.25. The second kappa shape index (κ2) is 5.35. The first kappa shape index (κ1) is 12.3. The topological polar surface area (TPSA) is 35.8 Å². The van der Waals surface area contributed by atoms with Gasteiger partial charge in [-0.1, -0.05) is 18.1 Å². The second-order valence-corrected chi connectivity index (χ2v) is 4.66. The molecule has 0 spiro atoms. The van der Waals surface area contributed by atoms with E-state index in [0.29, 0.717) is 0 Å². The van der Waals surface area contributed by atoms with E-state index in [-0.39, 0.29) is 5.54 Å². The Bertz CT molecular complexity index is 433. The minimum atomic E-state index is 0.124. The van der Waals surface area contributed by atoms with Crippen LogP contribution in [-0.2, 0) is 6.54 Å². The lowest BCUT2D eigenvalue weighted by Gasteiger charge is -2.20. The molecule has 0 unspecified atom stereocenters. The molecule has 1 rings (SSSR count). The molecule has 0 fully saturated rings. The molecule has 2 nitrogen and oxygen atoms in total. The number of nitrogens with zero attached hydrogens (tertiary/aromatic N) is 1. The predicted octanol–water partition coefficient (Wildman–Crippen LogP) is 2.45. The summed E-state index contributed by atoms with van der Waals surface area (Å²) in [5.74, 6) is 5.14. The fraction of sp³-hybridized carbons (Fsp3) is 0.357. The first-order valence-electron chi connectivity index (χ1n) is 5.25. The number of benzene rings is 1. The molecule has 2 heteroatoms. The van der Waals surface area contributed by atoms with Crippen LogP contribution >= 0.6 is 0 Å². The highest BCUT2D eigenvalue weighted by molar-refractivity contribution is 5.39. The molecule has 82 valence electrons. The highest BCUT2D eigenvalue weighted by Gasteiger charge is 2.07. The van der Waals surface area contributed by atoms with E-state index in [9.17, 15) is 0 Å². The number of hydrogen-bond donors (Lipinski definition) is 1.